The second kappa shape index (κ2) is 13.3. The summed E-state index contributed by atoms with van der Waals surface area (Å²) in [6, 6.07) is 19.0. The molecule has 0 N–H and O–H groups in total. The van der Waals surface area contributed by atoms with Crippen LogP contribution in [0.2, 0.25) is 0 Å². The van der Waals surface area contributed by atoms with Gasteiger partial charge in [0.2, 0.25) is 0 Å². The van der Waals surface area contributed by atoms with E-state index in [2.05, 4.69) is 128 Å². The lowest BCUT2D eigenvalue weighted by Gasteiger charge is -2.23. The number of fused-ring (bicyclic) bond motifs is 2. The van der Waals surface area contributed by atoms with Crippen LogP contribution in [-0.2, 0) is 0 Å². The molecule has 2 aliphatic carbocycles. The first kappa shape index (κ1) is 28.7. The molecule has 0 amide bonds. The van der Waals surface area contributed by atoms with Crippen molar-refractivity contribution in [2.75, 3.05) is 11.4 Å². The number of para-hydroxylation sites is 2. The Morgan fingerprint density at radius 2 is 1.74 bits per heavy atom. The third kappa shape index (κ3) is 5.85. The maximum Gasteiger partial charge on any atom is 0.198 e. The molecule has 2 aromatic carbocycles. The van der Waals surface area contributed by atoms with Gasteiger partial charge in [0.25, 0.3) is 0 Å². The van der Waals surface area contributed by atoms with Crippen molar-refractivity contribution >= 4 is 51.3 Å². The van der Waals surface area contributed by atoms with Crippen LogP contribution in [0, 0.1) is 0 Å². The van der Waals surface area contributed by atoms with Crippen molar-refractivity contribution in [1.29, 1.82) is 0 Å². The molecule has 6 nitrogen and oxygen atoms in total. The van der Waals surface area contributed by atoms with Crippen molar-refractivity contribution in [1.82, 2.24) is 24.5 Å². The molecule has 2 aliphatic rings. The normalized spacial score (nSPS) is 15.7. The fourth-order valence-corrected chi connectivity index (χ4v) is 5.85. The van der Waals surface area contributed by atoms with E-state index in [0.717, 1.165) is 58.0 Å². The Balaban J connectivity index is 1.24. The van der Waals surface area contributed by atoms with E-state index in [1.54, 1.807) is 18.6 Å². The fourth-order valence-electron chi connectivity index (χ4n) is 5.85. The summed E-state index contributed by atoms with van der Waals surface area (Å²) >= 11 is 0. The van der Waals surface area contributed by atoms with E-state index in [4.69, 9.17) is 4.98 Å². The Bertz CT molecular complexity index is 2180. The summed E-state index contributed by atoms with van der Waals surface area (Å²) in [7, 11) is 0. The van der Waals surface area contributed by atoms with Gasteiger partial charge in [-0.3, -0.25) is 0 Å². The van der Waals surface area contributed by atoms with Gasteiger partial charge in [0, 0.05) is 41.3 Å². The van der Waals surface area contributed by atoms with Crippen molar-refractivity contribution in [3.8, 4) is 0 Å². The van der Waals surface area contributed by atoms with E-state index in [1.807, 2.05) is 36.4 Å². The van der Waals surface area contributed by atoms with Gasteiger partial charge in [-0.2, -0.15) is 0 Å². The van der Waals surface area contributed by atoms with Crippen molar-refractivity contribution in [3.63, 3.8) is 0 Å². The van der Waals surface area contributed by atoms with Gasteiger partial charge in [-0.05, 0) is 60.9 Å². The molecule has 3 aromatic heterocycles. The second-order valence-corrected chi connectivity index (χ2v) is 10.8. The van der Waals surface area contributed by atoms with E-state index in [-0.39, 0.29) is 0 Å². The second-order valence-electron chi connectivity index (χ2n) is 10.8. The molecule has 0 saturated carbocycles. The van der Waals surface area contributed by atoms with E-state index < -0.39 is 0 Å². The van der Waals surface area contributed by atoms with Gasteiger partial charge >= 0.3 is 0 Å². The molecule has 0 unspecified atom stereocenters. The number of allylic oxidation sites excluding steroid dienone is 10. The third-order valence-electron chi connectivity index (χ3n) is 7.98. The molecule has 7 rings (SSSR count). The van der Waals surface area contributed by atoms with Crippen LogP contribution in [0.15, 0.2) is 152 Å². The van der Waals surface area contributed by atoms with Crippen LogP contribution in [0.4, 0.5) is 5.69 Å². The minimum absolute atomic E-state index is 0.552. The lowest BCUT2D eigenvalue weighted by atomic mass is 10.0. The van der Waals surface area contributed by atoms with Gasteiger partial charge in [-0.15, -0.1) is 0 Å². The third-order valence-corrected chi connectivity index (χ3v) is 7.98. The molecule has 222 valence electrons. The molecule has 3 heterocycles. The molecule has 0 spiro atoms. The quantitative estimate of drug-likeness (QED) is 0.167. The van der Waals surface area contributed by atoms with E-state index in [1.165, 1.54) is 5.39 Å². The van der Waals surface area contributed by atoms with Crippen LogP contribution in [0.5, 0.6) is 0 Å². The highest BCUT2D eigenvalue weighted by molar-refractivity contribution is 5.97. The summed E-state index contributed by atoms with van der Waals surface area (Å²) in [5.41, 5.74) is 13.0. The Hall–Kier alpha value is -6.10. The fraction of sp³-hybridized carbons (Fsp3) is 0.0750. The molecule has 5 aromatic rings. The summed E-state index contributed by atoms with van der Waals surface area (Å²) < 4.78 is 2.34. The van der Waals surface area contributed by atoms with Gasteiger partial charge in [0.05, 0.1) is 28.8 Å². The summed E-state index contributed by atoms with van der Waals surface area (Å²) in [5, 5.41) is 1.17. The maximum absolute atomic E-state index is 4.72. The molecule has 0 atom stereocenters. The highest BCUT2D eigenvalue weighted by Gasteiger charge is 2.16. The van der Waals surface area contributed by atoms with Crippen LogP contribution in [-0.4, -0.2) is 31.0 Å². The maximum atomic E-state index is 4.72. The smallest absolute Gasteiger partial charge is 0.198 e. The van der Waals surface area contributed by atoms with Crippen molar-refractivity contribution in [2.24, 2.45) is 0 Å². The van der Waals surface area contributed by atoms with Crippen LogP contribution in [0.1, 0.15) is 29.8 Å². The molecule has 46 heavy (non-hydrogen) atoms. The van der Waals surface area contributed by atoms with Crippen LogP contribution >= 0.6 is 0 Å². The predicted octanol–water partition coefficient (Wildman–Crippen LogP) is 8.98. The van der Waals surface area contributed by atoms with Crippen molar-refractivity contribution < 1.29 is 0 Å². The minimum Gasteiger partial charge on any atom is -0.331 e. The molecule has 0 saturated heterocycles. The summed E-state index contributed by atoms with van der Waals surface area (Å²) in [6.07, 6.45) is 31.9. The lowest BCUT2D eigenvalue weighted by Crippen LogP contribution is -2.21. The largest absolute Gasteiger partial charge is 0.331 e. The number of aromatic nitrogens is 5. The Morgan fingerprint density at radius 3 is 2.63 bits per heavy atom. The van der Waals surface area contributed by atoms with E-state index in [9.17, 15) is 0 Å². The zero-order valence-corrected chi connectivity index (χ0v) is 25.4. The zero-order valence-electron chi connectivity index (χ0n) is 25.4. The predicted molar refractivity (Wildman–Crippen MR) is 190 cm³/mol. The first-order chi connectivity index (χ1) is 22.8. The van der Waals surface area contributed by atoms with Crippen molar-refractivity contribution in [2.45, 2.75) is 12.8 Å². The standard InChI is InChI=1S/C40H32N6/c1-2-34-35-23-10-11-24-38(35)46(33-21-12-15-30(16-13-22-33)36-29-43-39-40(44-36)42-27-26-41-39)37(34)25-14-28-45(32-19-8-5-9-20-32)31-17-6-3-4-7-18-31/h2-12,14,16-17,19-27,29H,1,13,15,28H2/b21-12?,25-14-,30-16+,33-22?. The number of hydrogen-bond donors (Lipinski definition) is 0. The van der Waals surface area contributed by atoms with Gasteiger partial charge in [-0.1, -0.05) is 97.3 Å². The number of rotatable bonds is 8. The van der Waals surface area contributed by atoms with E-state index >= 15 is 0 Å². The van der Waals surface area contributed by atoms with Crippen LogP contribution < -0.4 is 4.90 Å². The molecule has 6 heteroatoms. The van der Waals surface area contributed by atoms with Crippen LogP contribution in [0.3, 0.4) is 0 Å². The average molecular weight is 597 g/mol. The minimum atomic E-state index is 0.552. The molecule has 0 bridgehead atoms. The average Bonchev–Trinajstić information content (AvgIpc) is 3.20. The monoisotopic (exact) mass is 596 g/mol. The molecule has 0 fully saturated rings. The lowest BCUT2D eigenvalue weighted by molar-refractivity contribution is 1.04. The summed E-state index contributed by atoms with van der Waals surface area (Å²) in [5.74, 6) is 0. The number of nitrogens with zero attached hydrogens (tertiary/aromatic N) is 6. The summed E-state index contributed by atoms with van der Waals surface area (Å²) in [4.78, 5) is 20.0. The number of anilines is 1. The topological polar surface area (TPSA) is 59.7 Å². The highest BCUT2D eigenvalue weighted by Crippen LogP contribution is 2.33. The molecular weight excluding hydrogens is 564 g/mol. The van der Waals surface area contributed by atoms with Gasteiger partial charge in [0.15, 0.2) is 11.3 Å². The molecule has 0 radical (unpaired) electrons. The van der Waals surface area contributed by atoms with Crippen molar-refractivity contribution in [3.05, 3.63) is 169 Å². The van der Waals surface area contributed by atoms with Gasteiger partial charge in [-0.25, -0.2) is 19.9 Å². The van der Waals surface area contributed by atoms with E-state index in [0.29, 0.717) is 17.8 Å². The van der Waals surface area contributed by atoms with Gasteiger partial charge in [0.1, 0.15) is 0 Å². The molecular formula is C40H32N6. The zero-order chi connectivity index (χ0) is 31.1. The number of hydrogen-bond acceptors (Lipinski definition) is 5. The first-order valence-electron chi connectivity index (χ1n) is 15.4. The Labute approximate surface area is 268 Å². The Kier molecular flexibility index (Phi) is 8.26. The summed E-state index contributed by atoms with van der Waals surface area (Å²) in [6.45, 7) is 4.88. The number of benzene rings is 2. The van der Waals surface area contributed by atoms with Crippen LogP contribution in [0.25, 0.3) is 45.6 Å². The highest BCUT2D eigenvalue weighted by atomic mass is 15.1. The van der Waals surface area contributed by atoms with Gasteiger partial charge < -0.3 is 9.47 Å². The SMILES string of the molecule is C=Cc1c(/C=C\CN(C2=C=CC=CC=C2)c2ccccc2)n(C2=CC/C=C(/c3cnc4nccnc4n3)CC=C2)c2ccccc12. The Morgan fingerprint density at radius 1 is 0.891 bits per heavy atom. The first-order valence-corrected chi connectivity index (χ1v) is 15.4. The molecule has 0 aliphatic heterocycles.